The van der Waals surface area contributed by atoms with E-state index in [1.165, 1.54) is 20.2 Å². The van der Waals surface area contributed by atoms with Crippen LogP contribution in [0.25, 0.3) is 0 Å². The van der Waals surface area contributed by atoms with Gasteiger partial charge >= 0.3 is 6.09 Å². The lowest BCUT2D eigenvalue weighted by molar-refractivity contribution is -0.124. The predicted molar refractivity (Wildman–Crippen MR) is 95.8 cm³/mol. The van der Waals surface area contributed by atoms with E-state index in [-0.39, 0.29) is 29.2 Å². The van der Waals surface area contributed by atoms with E-state index in [0.29, 0.717) is 4.88 Å². The fourth-order valence-electron chi connectivity index (χ4n) is 1.89. The molecule has 1 heterocycles. The molecule has 1 unspecified atom stereocenters. The average molecular weight is 392 g/mol. The van der Waals surface area contributed by atoms with Crippen molar-refractivity contribution in [3.05, 3.63) is 17.0 Å². The third-order valence-electron chi connectivity index (χ3n) is 3.31. The molecule has 0 fully saturated rings. The lowest BCUT2D eigenvalue weighted by Gasteiger charge is -2.21. The van der Waals surface area contributed by atoms with Gasteiger partial charge in [0.1, 0.15) is 10.3 Å². The number of amides is 2. The Morgan fingerprint density at radius 2 is 1.92 bits per heavy atom. The number of alkyl carbamates (subject to hydrolysis) is 1. The Labute approximate surface area is 152 Å². The van der Waals surface area contributed by atoms with Crippen molar-refractivity contribution in [2.45, 2.75) is 37.6 Å². The molecule has 2 amide bonds. The van der Waals surface area contributed by atoms with Crippen molar-refractivity contribution >= 4 is 33.4 Å². The van der Waals surface area contributed by atoms with Crippen LogP contribution in [0.5, 0.6) is 0 Å². The van der Waals surface area contributed by atoms with Crippen LogP contribution in [0.3, 0.4) is 0 Å². The number of rotatable bonds is 8. The summed E-state index contributed by atoms with van der Waals surface area (Å²) in [7, 11) is -0.555. The number of thiophene rings is 1. The van der Waals surface area contributed by atoms with Gasteiger partial charge < -0.3 is 15.4 Å². The number of ether oxygens (including phenoxy) is 1. The van der Waals surface area contributed by atoms with E-state index in [1.54, 1.807) is 13.0 Å². The molecule has 0 aliphatic heterocycles. The predicted octanol–water partition coefficient (Wildman–Crippen LogP) is 1.39. The van der Waals surface area contributed by atoms with E-state index in [1.807, 2.05) is 13.8 Å². The number of carbonyl (C=O) groups is 2. The molecule has 1 aromatic rings. The molecule has 0 spiro atoms. The Hall–Kier alpha value is -1.65. The first-order valence-electron chi connectivity index (χ1n) is 7.81. The van der Waals surface area contributed by atoms with Crippen molar-refractivity contribution in [1.82, 2.24) is 14.9 Å². The van der Waals surface area contributed by atoms with E-state index in [0.717, 1.165) is 15.6 Å². The largest absolute Gasteiger partial charge is 0.450 e. The number of sulfonamides is 1. The summed E-state index contributed by atoms with van der Waals surface area (Å²) >= 11 is 1.10. The Kier molecular flexibility index (Phi) is 7.84. The fraction of sp³-hybridized carbons (Fsp3) is 0.600. The minimum atomic E-state index is -3.48. The van der Waals surface area contributed by atoms with Crippen LogP contribution >= 0.6 is 11.3 Å². The summed E-state index contributed by atoms with van der Waals surface area (Å²) in [5, 5.41) is 5.24. The highest BCUT2D eigenvalue weighted by molar-refractivity contribution is 7.91. The summed E-state index contributed by atoms with van der Waals surface area (Å²) in [6, 6.07) is 2.44. The van der Waals surface area contributed by atoms with Crippen molar-refractivity contribution in [3.8, 4) is 0 Å². The summed E-state index contributed by atoms with van der Waals surface area (Å²) in [5.41, 5.74) is 0. The number of hydrogen-bond acceptors (Lipinski definition) is 6. The zero-order chi connectivity index (χ0) is 19.2. The molecule has 8 nitrogen and oxygen atoms in total. The van der Waals surface area contributed by atoms with Crippen molar-refractivity contribution in [2.75, 3.05) is 20.7 Å². The maximum Gasteiger partial charge on any atom is 0.407 e. The molecule has 142 valence electrons. The van der Waals surface area contributed by atoms with E-state index in [9.17, 15) is 18.0 Å². The van der Waals surface area contributed by atoms with Gasteiger partial charge in [-0.1, -0.05) is 13.8 Å². The van der Waals surface area contributed by atoms with Crippen LogP contribution in [0, 0.1) is 5.92 Å². The topological polar surface area (TPSA) is 105 Å². The van der Waals surface area contributed by atoms with Gasteiger partial charge in [-0.3, -0.25) is 4.79 Å². The van der Waals surface area contributed by atoms with Crippen molar-refractivity contribution in [2.24, 2.45) is 5.92 Å². The molecule has 0 aliphatic carbocycles. The summed E-state index contributed by atoms with van der Waals surface area (Å²) < 4.78 is 30.3. The second-order valence-electron chi connectivity index (χ2n) is 5.81. The molecule has 0 radical (unpaired) electrons. The minimum Gasteiger partial charge on any atom is -0.450 e. The van der Waals surface area contributed by atoms with Crippen LogP contribution in [-0.4, -0.2) is 51.5 Å². The first-order valence-corrected chi connectivity index (χ1v) is 10.1. The summed E-state index contributed by atoms with van der Waals surface area (Å²) in [4.78, 5) is 24.5. The highest BCUT2D eigenvalue weighted by atomic mass is 32.2. The van der Waals surface area contributed by atoms with Gasteiger partial charge in [0, 0.05) is 19.0 Å². The second-order valence-corrected chi connectivity index (χ2v) is 9.36. The summed E-state index contributed by atoms with van der Waals surface area (Å²) in [6.45, 7) is 5.70. The normalized spacial score (nSPS) is 12.9. The lowest BCUT2D eigenvalue weighted by Crippen LogP contribution is -2.49. The van der Waals surface area contributed by atoms with Crippen LogP contribution in [0.1, 0.15) is 25.6 Å². The van der Waals surface area contributed by atoms with Gasteiger partial charge in [-0.2, -0.15) is 0 Å². The van der Waals surface area contributed by atoms with Gasteiger partial charge in [-0.05, 0) is 25.0 Å². The van der Waals surface area contributed by atoms with Gasteiger partial charge in [0.15, 0.2) is 0 Å². The molecule has 2 N–H and O–H groups in total. The highest BCUT2D eigenvalue weighted by Crippen LogP contribution is 2.23. The molecule has 1 aromatic heterocycles. The van der Waals surface area contributed by atoms with Crippen molar-refractivity contribution in [3.63, 3.8) is 0 Å². The highest BCUT2D eigenvalue weighted by Gasteiger charge is 2.25. The second kappa shape index (κ2) is 9.16. The van der Waals surface area contributed by atoms with Gasteiger partial charge in [0.25, 0.3) is 10.0 Å². The summed E-state index contributed by atoms with van der Waals surface area (Å²) in [6.07, 6.45) is -0.646. The van der Waals surface area contributed by atoms with E-state index >= 15 is 0 Å². The van der Waals surface area contributed by atoms with Crippen LogP contribution in [0.4, 0.5) is 4.79 Å². The number of nitrogens with zero attached hydrogens (tertiary/aromatic N) is 1. The van der Waals surface area contributed by atoms with E-state index < -0.39 is 22.2 Å². The van der Waals surface area contributed by atoms with Crippen LogP contribution in [0.2, 0.25) is 0 Å². The Morgan fingerprint density at radius 1 is 1.28 bits per heavy atom. The Morgan fingerprint density at radius 3 is 2.44 bits per heavy atom. The molecule has 10 heteroatoms. The standard InChI is InChI=1S/C15H25N3O5S2/c1-6-23-15(20)17-13(10(2)3)14(19)16-9-11-7-8-12(24-11)25(21,22)18(4)5/h7-8,10,13H,6,9H2,1-5H3,(H,16,19)(H,17,20). The molecule has 0 saturated heterocycles. The van der Waals surface area contributed by atoms with E-state index in [2.05, 4.69) is 10.6 Å². The molecule has 0 aliphatic rings. The zero-order valence-corrected chi connectivity index (χ0v) is 16.7. The minimum absolute atomic E-state index is 0.127. The average Bonchev–Trinajstić information content (AvgIpc) is 2.99. The number of carbonyl (C=O) groups excluding carboxylic acids is 2. The fourth-order valence-corrected chi connectivity index (χ4v) is 4.36. The third kappa shape index (κ3) is 5.98. The maximum atomic E-state index is 12.3. The monoisotopic (exact) mass is 391 g/mol. The molecule has 1 rings (SSSR count). The molecule has 0 bridgehead atoms. The smallest absolute Gasteiger partial charge is 0.407 e. The molecule has 1 atom stereocenters. The van der Waals surface area contributed by atoms with Crippen LogP contribution in [0.15, 0.2) is 16.3 Å². The number of hydrogen-bond donors (Lipinski definition) is 2. The molecule has 0 saturated carbocycles. The van der Waals surface area contributed by atoms with Gasteiger partial charge in [-0.25, -0.2) is 17.5 Å². The van der Waals surface area contributed by atoms with Gasteiger partial charge in [0.05, 0.1) is 13.2 Å². The van der Waals surface area contributed by atoms with E-state index in [4.69, 9.17) is 4.74 Å². The van der Waals surface area contributed by atoms with Gasteiger partial charge in [0.2, 0.25) is 5.91 Å². The number of nitrogens with one attached hydrogen (secondary N) is 2. The third-order valence-corrected chi connectivity index (χ3v) is 6.67. The SMILES string of the molecule is CCOC(=O)NC(C(=O)NCc1ccc(S(=O)(=O)N(C)C)s1)C(C)C. The summed E-state index contributed by atoms with van der Waals surface area (Å²) in [5.74, 6) is -0.481. The molecular weight excluding hydrogens is 366 g/mol. The molecular formula is C15H25N3O5S2. The van der Waals surface area contributed by atoms with Crippen molar-refractivity contribution < 1.29 is 22.7 Å². The van der Waals surface area contributed by atoms with Gasteiger partial charge in [-0.15, -0.1) is 11.3 Å². The lowest BCUT2D eigenvalue weighted by atomic mass is 10.0. The Balaban J connectivity index is 2.71. The zero-order valence-electron chi connectivity index (χ0n) is 15.0. The quantitative estimate of drug-likeness (QED) is 0.697. The van der Waals surface area contributed by atoms with Crippen LogP contribution in [-0.2, 0) is 26.1 Å². The first kappa shape index (κ1) is 21.4. The maximum absolute atomic E-state index is 12.3. The first-order chi connectivity index (χ1) is 11.6. The van der Waals surface area contributed by atoms with Crippen LogP contribution < -0.4 is 10.6 Å². The molecule has 0 aromatic carbocycles. The Bertz CT molecular complexity index is 698. The van der Waals surface area contributed by atoms with Crippen molar-refractivity contribution in [1.29, 1.82) is 0 Å². The molecule has 25 heavy (non-hydrogen) atoms.